The molecule has 0 aromatic heterocycles. The highest BCUT2D eigenvalue weighted by Gasteiger charge is 2.24. The fourth-order valence-corrected chi connectivity index (χ4v) is 2.21. The minimum Gasteiger partial charge on any atom is -0.352 e. The molecule has 0 unspecified atom stereocenters. The minimum atomic E-state index is -0.483. The van der Waals surface area contributed by atoms with E-state index in [1.54, 1.807) is 0 Å². The molecule has 2 amide bonds. The van der Waals surface area contributed by atoms with Gasteiger partial charge in [-0.1, -0.05) is 23.7 Å². The third-order valence-electron chi connectivity index (χ3n) is 2.53. The summed E-state index contributed by atoms with van der Waals surface area (Å²) < 4.78 is 0. The van der Waals surface area contributed by atoms with Gasteiger partial charge in [0.05, 0.1) is 6.04 Å². The van der Waals surface area contributed by atoms with Gasteiger partial charge in [0, 0.05) is 5.02 Å². The largest absolute Gasteiger partial charge is 0.352 e. The van der Waals surface area contributed by atoms with Crippen LogP contribution in [0.2, 0.25) is 5.02 Å². The molecular formula is C10H11ClN2O. The standard InChI is InChI=1S/C10H11ClN2O/c11-8-3-1-2-7-6(8)4-5-9(7)13-10(12)14/h1-3,9H,4-5H2,(H3,12,13,14)/t9-/m1/s1. The molecule has 1 aromatic carbocycles. The molecule has 0 saturated carbocycles. The van der Waals surface area contributed by atoms with Crippen LogP contribution in [0.1, 0.15) is 23.6 Å². The highest BCUT2D eigenvalue weighted by Crippen LogP contribution is 2.35. The monoisotopic (exact) mass is 210 g/mol. The highest BCUT2D eigenvalue weighted by molar-refractivity contribution is 6.31. The lowest BCUT2D eigenvalue weighted by Crippen LogP contribution is -2.32. The lowest BCUT2D eigenvalue weighted by Gasteiger charge is -2.11. The van der Waals surface area contributed by atoms with Crippen molar-refractivity contribution in [3.8, 4) is 0 Å². The maximum absolute atomic E-state index is 10.7. The molecular weight excluding hydrogens is 200 g/mol. The molecule has 0 aliphatic heterocycles. The lowest BCUT2D eigenvalue weighted by atomic mass is 10.1. The first-order valence-electron chi connectivity index (χ1n) is 4.51. The molecule has 1 aromatic rings. The number of carbonyl (C=O) groups excluding carboxylic acids is 1. The van der Waals surface area contributed by atoms with E-state index < -0.39 is 6.03 Å². The summed E-state index contributed by atoms with van der Waals surface area (Å²) in [5, 5.41) is 3.48. The number of nitrogens with one attached hydrogen (secondary N) is 1. The van der Waals surface area contributed by atoms with Crippen molar-refractivity contribution in [2.24, 2.45) is 5.73 Å². The van der Waals surface area contributed by atoms with Gasteiger partial charge in [0.2, 0.25) is 0 Å². The molecule has 0 saturated heterocycles. The molecule has 1 aliphatic rings. The first-order valence-corrected chi connectivity index (χ1v) is 4.89. The molecule has 14 heavy (non-hydrogen) atoms. The Balaban J connectivity index is 2.30. The van der Waals surface area contributed by atoms with Crippen LogP contribution >= 0.6 is 11.6 Å². The first kappa shape index (κ1) is 9.34. The number of fused-ring (bicyclic) bond motifs is 1. The molecule has 0 bridgehead atoms. The van der Waals surface area contributed by atoms with Crippen molar-refractivity contribution >= 4 is 17.6 Å². The normalized spacial score (nSPS) is 19.1. The summed E-state index contributed by atoms with van der Waals surface area (Å²) in [5.74, 6) is 0. The molecule has 1 atom stereocenters. The fraction of sp³-hybridized carbons (Fsp3) is 0.300. The van der Waals surface area contributed by atoms with E-state index in [0.29, 0.717) is 0 Å². The van der Waals surface area contributed by atoms with Crippen molar-refractivity contribution < 1.29 is 4.79 Å². The van der Waals surface area contributed by atoms with Crippen LogP contribution in [0.4, 0.5) is 4.79 Å². The van der Waals surface area contributed by atoms with Crippen LogP contribution in [-0.2, 0) is 6.42 Å². The Kier molecular flexibility index (Phi) is 2.33. The van der Waals surface area contributed by atoms with Crippen LogP contribution in [0.3, 0.4) is 0 Å². The predicted octanol–water partition coefficient (Wildman–Crippen LogP) is 2.00. The summed E-state index contributed by atoms with van der Waals surface area (Å²) >= 11 is 6.03. The van der Waals surface area contributed by atoms with Crippen LogP contribution < -0.4 is 11.1 Å². The lowest BCUT2D eigenvalue weighted by molar-refractivity contribution is 0.245. The number of hydrogen-bond acceptors (Lipinski definition) is 1. The number of benzene rings is 1. The van der Waals surface area contributed by atoms with Crippen LogP contribution in [0.5, 0.6) is 0 Å². The van der Waals surface area contributed by atoms with Crippen molar-refractivity contribution in [1.82, 2.24) is 5.32 Å². The van der Waals surface area contributed by atoms with Gasteiger partial charge in [-0.2, -0.15) is 0 Å². The molecule has 0 heterocycles. The van der Waals surface area contributed by atoms with Crippen molar-refractivity contribution in [2.75, 3.05) is 0 Å². The van der Waals surface area contributed by atoms with Gasteiger partial charge in [-0.05, 0) is 30.0 Å². The summed E-state index contributed by atoms with van der Waals surface area (Å²) in [5.41, 5.74) is 7.31. The van der Waals surface area contributed by atoms with E-state index in [0.717, 1.165) is 29.0 Å². The van der Waals surface area contributed by atoms with E-state index in [4.69, 9.17) is 17.3 Å². The van der Waals surface area contributed by atoms with E-state index in [1.807, 2.05) is 18.2 Å². The van der Waals surface area contributed by atoms with Crippen LogP contribution in [0, 0.1) is 0 Å². The number of rotatable bonds is 1. The molecule has 0 fully saturated rings. The number of amides is 2. The molecule has 3 N–H and O–H groups in total. The number of halogens is 1. The number of nitrogens with two attached hydrogens (primary N) is 1. The highest BCUT2D eigenvalue weighted by atomic mass is 35.5. The Morgan fingerprint density at radius 2 is 2.36 bits per heavy atom. The van der Waals surface area contributed by atoms with E-state index in [9.17, 15) is 4.79 Å². The van der Waals surface area contributed by atoms with E-state index in [2.05, 4.69) is 5.32 Å². The second kappa shape index (κ2) is 3.50. The molecule has 0 spiro atoms. The molecule has 74 valence electrons. The van der Waals surface area contributed by atoms with Crippen molar-refractivity contribution in [1.29, 1.82) is 0 Å². The summed E-state index contributed by atoms with van der Waals surface area (Å²) in [6, 6.07) is 5.29. The Bertz CT molecular complexity index is 378. The fourth-order valence-electron chi connectivity index (χ4n) is 1.93. The van der Waals surface area contributed by atoms with Gasteiger partial charge in [0.1, 0.15) is 0 Å². The van der Waals surface area contributed by atoms with Crippen molar-refractivity contribution in [3.05, 3.63) is 34.3 Å². The zero-order chi connectivity index (χ0) is 10.1. The first-order chi connectivity index (χ1) is 6.68. The molecule has 2 rings (SSSR count). The summed E-state index contributed by atoms with van der Waals surface area (Å²) in [4.78, 5) is 10.7. The van der Waals surface area contributed by atoms with Crippen LogP contribution in [-0.4, -0.2) is 6.03 Å². The Morgan fingerprint density at radius 1 is 1.57 bits per heavy atom. The topological polar surface area (TPSA) is 55.1 Å². The zero-order valence-corrected chi connectivity index (χ0v) is 8.34. The quantitative estimate of drug-likeness (QED) is 0.732. The number of hydrogen-bond donors (Lipinski definition) is 2. The third-order valence-corrected chi connectivity index (χ3v) is 2.88. The Morgan fingerprint density at radius 3 is 3.07 bits per heavy atom. The smallest absolute Gasteiger partial charge is 0.312 e. The van der Waals surface area contributed by atoms with Gasteiger partial charge in [-0.15, -0.1) is 0 Å². The SMILES string of the molecule is NC(=O)N[C@@H]1CCc2c(Cl)cccc21. The molecule has 1 aliphatic carbocycles. The maximum atomic E-state index is 10.7. The zero-order valence-electron chi connectivity index (χ0n) is 7.59. The number of carbonyl (C=O) groups is 1. The average molecular weight is 211 g/mol. The average Bonchev–Trinajstić information content (AvgIpc) is 2.49. The van der Waals surface area contributed by atoms with E-state index >= 15 is 0 Å². The number of urea groups is 1. The van der Waals surface area contributed by atoms with Crippen LogP contribution in [0.15, 0.2) is 18.2 Å². The van der Waals surface area contributed by atoms with Gasteiger partial charge >= 0.3 is 6.03 Å². The van der Waals surface area contributed by atoms with Gasteiger partial charge < -0.3 is 11.1 Å². The van der Waals surface area contributed by atoms with Gasteiger partial charge in [-0.3, -0.25) is 0 Å². The van der Waals surface area contributed by atoms with Crippen molar-refractivity contribution in [3.63, 3.8) is 0 Å². The molecule has 4 heteroatoms. The molecule has 3 nitrogen and oxygen atoms in total. The van der Waals surface area contributed by atoms with Gasteiger partial charge in [-0.25, -0.2) is 4.79 Å². The van der Waals surface area contributed by atoms with Gasteiger partial charge in [0.15, 0.2) is 0 Å². The minimum absolute atomic E-state index is 0.0289. The Hall–Kier alpha value is -1.22. The van der Waals surface area contributed by atoms with Gasteiger partial charge in [0.25, 0.3) is 0 Å². The number of primary amides is 1. The van der Waals surface area contributed by atoms with Crippen molar-refractivity contribution in [2.45, 2.75) is 18.9 Å². The third kappa shape index (κ3) is 1.55. The predicted molar refractivity (Wildman–Crippen MR) is 55.2 cm³/mol. The second-order valence-corrected chi connectivity index (χ2v) is 3.81. The summed E-state index contributed by atoms with van der Waals surface area (Å²) in [7, 11) is 0. The van der Waals surface area contributed by atoms with E-state index in [1.165, 1.54) is 0 Å². The van der Waals surface area contributed by atoms with Crippen LogP contribution in [0.25, 0.3) is 0 Å². The summed E-state index contributed by atoms with van der Waals surface area (Å²) in [6.45, 7) is 0. The maximum Gasteiger partial charge on any atom is 0.312 e. The van der Waals surface area contributed by atoms with E-state index in [-0.39, 0.29) is 6.04 Å². The summed E-state index contributed by atoms with van der Waals surface area (Å²) in [6.07, 6.45) is 1.78. The second-order valence-electron chi connectivity index (χ2n) is 3.41. The molecule has 0 radical (unpaired) electrons. The Labute approximate surface area is 87.2 Å².